The van der Waals surface area contributed by atoms with Crippen LogP contribution in [0.5, 0.6) is 0 Å². The topological polar surface area (TPSA) is 28.2 Å². The molecule has 3 nitrogen and oxygen atoms in total. The number of nitrogens with one attached hydrogen (secondary N) is 1. The van der Waals surface area contributed by atoms with E-state index in [0.717, 1.165) is 13.1 Å². The summed E-state index contributed by atoms with van der Waals surface area (Å²) < 4.78 is 0. The zero-order chi connectivity index (χ0) is 12.1. The van der Waals surface area contributed by atoms with Crippen molar-refractivity contribution in [2.45, 2.75) is 38.3 Å². The second kappa shape index (κ2) is 5.61. The number of pyridine rings is 1. The summed E-state index contributed by atoms with van der Waals surface area (Å²) in [4.78, 5) is 6.45. The first kappa shape index (κ1) is 12.5. The highest BCUT2D eigenvalue weighted by Crippen LogP contribution is 2.20. The molecule has 0 amide bonds. The molecule has 3 heteroatoms. The van der Waals surface area contributed by atoms with E-state index in [0.29, 0.717) is 5.54 Å². The number of nitrogens with zero attached hydrogens (tertiary/aromatic N) is 2. The largest absolute Gasteiger partial charge is 0.310 e. The molecule has 1 unspecified atom stereocenters. The van der Waals surface area contributed by atoms with Crippen LogP contribution in [-0.2, 0) is 6.54 Å². The van der Waals surface area contributed by atoms with Crippen molar-refractivity contribution in [3.63, 3.8) is 0 Å². The van der Waals surface area contributed by atoms with Crippen molar-refractivity contribution in [3.8, 4) is 0 Å². The number of hydrogen-bond donors (Lipinski definition) is 1. The Morgan fingerprint density at radius 2 is 2.12 bits per heavy atom. The lowest BCUT2D eigenvalue weighted by atomic mass is 9.90. The van der Waals surface area contributed by atoms with E-state index in [2.05, 4.69) is 41.3 Å². The molecule has 1 aliphatic rings. The molecule has 0 saturated carbocycles. The molecule has 0 spiro atoms. The van der Waals surface area contributed by atoms with E-state index in [4.69, 9.17) is 0 Å². The fourth-order valence-corrected chi connectivity index (χ4v) is 2.71. The minimum atomic E-state index is 0.292. The molecular formula is C14H23N3. The Hall–Kier alpha value is -0.930. The lowest BCUT2D eigenvalue weighted by molar-refractivity contribution is 0.183. The van der Waals surface area contributed by atoms with Crippen molar-refractivity contribution in [3.05, 3.63) is 30.1 Å². The van der Waals surface area contributed by atoms with Gasteiger partial charge in [0.15, 0.2) is 0 Å². The van der Waals surface area contributed by atoms with Gasteiger partial charge in [0.1, 0.15) is 0 Å². The first-order chi connectivity index (χ1) is 8.18. The van der Waals surface area contributed by atoms with Crippen molar-refractivity contribution in [2.75, 3.05) is 20.1 Å². The Morgan fingerprint density at radius 3 is 2.76 bits per heavy atom. The molecule has 0 aromatic carbocycles. The Kier molecular flexibility index (Phi) is 4.13. The number of likely N-dealkylation sites (N-methyl/N-ethyl adjacent to an activating group) is 1. The highest BCUT2D eigenvalue weighted by atomic mass is 15.1. The molecule has 94 valence electrons. The smallest absolute Gasteiger partial charge is 0.0280 e. The van der Waals surface area contributed by atoms with Crippen LogP contribution < -0.4 is 5.32 Å². The molecule has 1 aromatic heterocycles. The number of rotatable bonds is 4. The average Bonchev–Trinajstić information content (AvgIpc) is 2.30. The molecule has 1 aliphatic heterocycles. The molecule has 2 rings (SSSR count). The van der Waals surface area contributed by atoms with Gasteiger partial charge in [-0.15, -0.1) is 0 Å². The molecule has 1 saturated heterocycles. The maximum Gasteiger partial charge on any atom is 0.0280 e. The van der Waals surface area contributed by atoms with Gasteiger partial charge in [-0.1, -0.05) is 6.42 Å². The summed E-state index contributed by atoms with van der Waals surface area (Å²) in [6, 6.07) is 4.18. The van der Waals surface area contributed by atoms with Crippen molar-refractivity contribution in [2.24, 2.45) is 0 Å². The van der Waals surface area contributed by atoms with E-state index in [9.17, 15) is 0 Å². The monoisotopic (exact) mass is 233 g/mol. The number of piperidine rings is 1. The van der Waals surface area contributed by atoms with Crippen LogP contribution in [-0.4, -0.2) is 35.6 Å². The molecule has 0 radical (unpaired) electrons. The van der Waals surface area contributed by atoms with Gasteiger partial charge in [-0.05, 0) is 51.1 Å². The van der Waals surface area contributed by atoms with Gasteiger partial charge in [0.25, 0.3) is 0 Å². The lowest BCUT2D eigenvalue weighted by Gasteiger charge is -2.38. The van der Waals surface area contributed by atoms with E-state index in [1.54, 1.807) is 0 Å². The molecule has 17 heavy (non-hydrogen) atoms. The van der Waals surface area contributed by atoms with Gasteiger partial charge >= 0.3 is 0 Å². The summed E-state index contributed by atoms with van der Waals surface area (Å²) in [5, 5.41) is 3.66. The van der Waals surface area contributed by atoms with E-state index in [1.165, 1.54) is 31.4 Å². The second-order valence-electron chi connectivity index (χ2n) is 5.47. The van der Waals surface area contributed by atoms with E-state index in [-0.39, 0.29) is 0 Å². The van der Waals surface area contributed by atoms with Crippen LogP contribution in [0.2, 0.25) is 0 Å². The standard InChI is InChI=1S/C14H23N3/c1-14(7-3-4-8-16-14)12-17(2)11-13-5-9-15-10-6-13/h5-6,9-10,16H,3-4,7-8,11-12H2,1-2H3. The maximum atomic E-state index is 4.05. The fraction of sp³-hybridized carbons (Fsp3) is 0.643. The maximum absolute atomic E-state index is 4.05. The zero-order valence-electron chi connectivity index (χ0n) is 10.9. The van der Waals surface area contributed by atoms with Crippen LogP contribution in [0.4, 0.5) is 0 Å². The summed E-state index contributed by atoms with van der Waals surface area (Å²) in [5.74, 6) is 0. The van der Waals surface area contributed by atoms with Gasteiger partial charge in [-0.25, -0.2) is 0 Å². The summed E-state index contributed by atoms with van der Waals surface area (Å²) >= 11 is 0. The third kappa shape index (κ3) is 3.79. The van der Waals surface area contributed by atoms with Crippen LogP contribution in [0.15, 0.2) is 24.5 Å². The summed E-state index contributed by atoms with van der Waals surface area (Å²) in [6.45, 7) is 5.61. The van der Waals surface area contributed by atoms with Crippen LogP contribution in [0.3, 0.4) is 0 Å². The zero-order valence-corrected chi connectivity index (χ0v) is 10.9. The Bertz CT molecular complexity index is 331. The SMILES string of the molecule is CN(Cc1ccncc1)CC1(C)CCCCN1. The van der Waals surface area contributed by atoms with Crippen LogP contribution >= 0.6 is 0 Å². The Labute approximate surface area is 104 Å². The fourth-order valence-electron chi connectivity index (χ4n) is 2.71. The Morgan fingerprint density at radius 1 is 1.35 bits per heavy atom. The van der Waals surface area contributed by atoms with Gasteiger partial charge in [0.2, 0.25) is 0 Å². The summed E-state index contributed by atoms with van der Waals surface area (Å²) in [5.41, 5.74) is 1.63. The molecule has 1 aromatic rings. The summed E-state index contributed by atoms with van der Waals surface area (Å²) in [6.07, 6.45) is 7.69. The van der Waals surface area contributed by atoms with Crippen molar-refractivity contribution < 1.29 is 0 Å². The molecule has 1 atom stereocenters. The van der Waals surface area contributed by atoms with E-state index in [1.807, 2.05) is 12.4 Å². The molecule has 0 aliphatic carbocycles. The molecule has 1 N–H and O–H groups in total. The highest BCUT2D eigenvalue weighted by Gasteiger charge is 2.27. The third-order valence-corrected chi connectivity index (χ3v) is 3.53. The number of hydrogen-bond acceptors (Lipinski definition) is 3. The minimum Gasteiger partial charge on any atom is -0.310 e. The molecule has 0 bridgehead atoms. The molecule has 2 heterocycles. The predicted octanol–water partition coefficient (Wildman–Crippen LogP) is 2.05. The van der Waals surface area contributed by atoms with Gasteiger partial charge < -0.3 is 10.2 Å². The predicted molar refractivity (Wildman–Crippen MR) is 70.8 cm³/mol. The van der Waals surface area contributed by atoms with Gasteiger partial charge in [0.05, 0.1) is 0 Å². The van der Waals surface area contributed by atoms with E-state index < -0.39 is 0 Å². The number of aromatic nitrogens is 1. The normalized spacial score (nSPS) is 25.1. The van der Waals surface area contributed by atoms with Crippen LogP contribution in [0, 0.1) is 0 Å². The first-order valence-corrected chi connectivity index (χ1v) is 6.50. The van der Waals surface area contributed by atoms with Gasteiger partial charge in [0, 0.05) is 31.0 Å². The van der Waals surface area contributed by atoms with Crippen molar-refractivity contribution in [1.29, 1.82) is 0 Å². The van der Waals surface area contributed by atoms with Crippen LogP contribution in [0.1, 0.15) is 31.7 Å². The third-order valence-electron chi connectivity index (χ3n) is 3.53. The van der Waals surface area contributed by atoms with E-state index >= 15 is 0 Å². The molecule has 1 fully saturated rings. The van der Waals surface area contributed by atoms with Gasteiger partial charge in [-0.3, -0.25) is 4.98 Å². The van der Waals surface area contributed by atoms with Crippen LogP contribution in [0.25, 0.3) is 0 Å². The van der Waals surface area contributed by atoms with Crippen molar-refractivity contribution >= 4 is 0 Å². The lowest BCUT2D eigenvalue weighted by Crippen LogP contribution is -2.52. The van der Waals surface area contributed by atoms with Crippen molar-refractivity contribution in [1.82, 2.24) is 15.2 Å². The highest BCUT2D eigenvalue weighted by molar-refractivity contribution is 5.09. The Balaban J connectivity index is 1.86. The van der Waals surface area contributed by atoms with Gasteiger partial charge in [-0.2, -0.15) is 0 Å². The molecular weight excluding hydrogens is 210 g/mol. The first-order valence-electron chi connectivity index (χ1n) is 6.50. The second-order valence-corrected chi connectivity index (χ2v) is 5.47. The quantitative estimate of drug-likeness (QED) is 0.862. The minimum absolute atomic E-state index is 0.292. The average molecular weight is 233 g/mol. The summed E-state index contributed by atoms with van der Waals surface area (Å²) in [7, 11) is 2.20.